The molecular weight excluding hydrogens is 540 g/mol. The predicted molar refractivity (Wildman–Crippen MR) is 154 cm³/mol. The highest BCUT2D eigenvalue weighted by molar-refractivity contribution is 7.89. The van der Waals surface area contributed by atoms with Gasteiger partial charge < -0.3 is 9.64 Å². The third kappa shape index (κ3) is 6.38. The Kier molecular flexibility index (Phi) is 8.01. The van der Waals surface area contributed by atoms with Crippen LogP contribution >= 0.6 is 0 Å². The number of amides is 2. The highest BCUT2D eigenvalue weighted by Gasteiger charge is 2.35. The van der Waals surface area contributed by atoms with Crippen LogP contribution in [-0.2, 0) is 32.7 Å². The van der Waals surface area contributed by atoms with Crippen molar-refractivity contribution in [1.82, 2.24) is 9.62 Å². The first-order valence-corrected chi connectivity index (χ1v) is 14.5. The van der Waals surface area contributed by atoms with Crippen LogP contribution in [0.1, 0.15) is 23.1 Å². The van der Waals surface area contributed by atoms with E-state index in [9.17, 15) is 18.0 Å². The van der Waals surface area contributed by atoms with E-state index in [-0.39, 0.29) is 17.4 Å². The Morgan fingerprint density at radius 1 is 1.00 bits per heavy atom. The number of anilines is 1. The molecule has 10 heteroatoms. The molecule has 0 spiro atoms. The third-order valence-corrected chi connectivity index (χ3v) is 8.47. The molecule has 1 fully saturated rings. The molecule has 5 rings (SSSR count). The Morgan fingerprint density at radius 2 is 1.76 bits per heavy atom. The number of fused-ring (bicyclic) bond motifs is 1. The first-order valence-electron chi connectivity index (χ1n) is 13.0. The molecule has 0 aromatic heterocycles. The average Bonchev–Trinajstić information content (AvgIpc) is 3.32. The van der Waals surface area contributed by atoms with Crippen molar-refractivity contribution in [3.05, 3.63) is 108 Å². The number of nitriles is 1. The fraction of sp³-hybridized carbons (Fsp3) is 0.194. The van der Waals surface area contributed by atoms with E-state index in [1.165, 1.54) is 17.0 Å². The van der Waals surface area contributed by atoms with Gasteiger partial charge in [0.1, 0.15) is 12.6 Å². The summed E-state index contributed by atoms with van der Waals surface area (Å²) < 4.78 is 34.5. The third-order valence-electron chi connectivity index (χ3n) is 7.00. The maximum Gasteiger partial charge on any atom is 0.414 e. The molecule has 0 aliphatic carbocycles. The summed E-state index contributed by atoms with van der Waals surface area (Å²) in [6.07, 6.45) is -0.203. The van der Waals surface area contributed by atoms with Gasteiger partial charge in [-0.3, -0.25) is 9.69 Å². The molecule has 4 aromatic rings. The highest BCUT2D eigenvalue weighted by Crippen LogP contribution is 2.26. The van der Waals surface area contributed by atoms with E-state index in [1.807, 2.05) is 36.4 Å². The first kappa shape index (κ1) is 27.8. The molecule has 1 saturated heterocycles. The zero-order valence-corrected chi connectivity index (χ0v) is 23.2. The van der Waals surface area contributed by atoms with Crippen molar-refractivity contribution >= 4 is 38.5 Å². The summed E-state index contributed by atoms with van der Waals surface area (Å²) in [5.74, 6) is -0.311. The van der Waals surface area contributed by atoms with Crippen LogP contribution in [0.25, 0.3) is 10.8 Å². The molecule has 1 aliphatic rings. The lowest BCUT2D eigenvalue weighted by Crippen LogP contribution is -2.41. The normalized spacial score (nSPS) is 15.1. The van der Waals surface area contributed by atoms with E-state index in [1.54, 1.807) is 54.4 Å². The quantitative estimate of drug-likeness (QED) is 0.333. The van der Waals surface area contributed by atoms with Gasteiger partial charge in [-0.05, 0) is 64.7 Å². The monoisotopic (exact) mass is 568 g/mol. The molecule has 0 bridgehead atoms. The molecule has 0 radical (unpaired) electrons. The molecule has 9 nitrogen and oxygen atoms in total. The molecule has 1 heterocycles. The number of nitrogens with zero attached hydrogens (tertiary/aromatic N) is 3. The topological polar surface area (TPSA) is 120 Å². The maximum atomic E-state index is 13.3. The Labute approximate surface area is 238 Å². The molecule has 1 atom stereocenters. The molecule has 1 aliphatic heterocycles. The largest absolute Gasteiger partial charge is 0.444 e. The van der Waals surface area contributed by atoms with E-state index < -0.39 is 22.2 Å². The Morgan fingerprint density at radius 3 is 2.54 bits per heavy atom. The van der Waals surface area contributed by atoms with Crippen molar-refractivity contribution < 1.29 is 22.7 Å². The second-order valence-electron chi connectivity index (χ2n) is 9.83. The van der Waals surface area contributed by atoms with Crippen LogP contribution in [0.15, 0.2) is 95.9 Å². The highest BCUT2D eigenvalue weighted by atomic mass is 32.2. The van der Waals surface area contributed by atoms with Crippen LogP contribution in [0.3, 0.4) is 0 Å². The minimum atomic E-state index is -4.01. The molecule has 4 aromatic carbocycles. The summed E-state index contributed by atoms with van der Waals surface area (Å²) in [6.45, 7) is 0.832. The number of benzene rings is 4. The standard InChI is InChI=1S/C31H28N4O5S/c1-34(31(37)40-21-22-6-3-2-4-7-22)27-12-10-25-11-13-28(18-26(25)17-27)41(38,39)33-29-14-15-35(30(29)36)20-24-9-5-8-23(16-24)19-32/h2-13,16-18,29,33H,14-15,20-21H2,1H3/t29-/m0/s1. The number of sulfonamides is 1. The second kappa shape index (κ2) is 11.8. The van der Waals surface area contributed by atoms with Crippen molar-refractivity contribution in [2.75, 3.05) is 18.5 Å². The Bertz CT molecular complexity index is 1750. The number of hydrogen-bond donors (Lipinski definition) is 1. The van der Waals surface area contributed by atoms with Gasteiger partial charge in [0.15, 0.2) is 0 Å². The molecule has 41 heavy (non-hydrogen) atoms. The van der Waals surface area contributed by atoms with Crippen LogP contribution in [0.2, 0.25) is 0 Å². The molecule has 1 N–H and O–H groups in total. The van der Waals surface area contributed by atoms with Gasteiger partial charge in [-0.25, -0.2) is 13.2 Å². The number of nitrogens with one attached hydrogen (secondary N) is 1. The van der Waals surface area contributed by atoms with Gasteiger partial charge in [-0.1, -0.05) is 54.6 Å². The molecular formula is C31H28N4O5S. The van der Waals surface area contributed by atoms with Gasteiger partial charge in [0.2, 0.25) is 15.9 Å². The van der Waals surface area contributed by atoms with Crippen molar-refractivity contribution in [1.29, 1.82) is 5.26 Å². The van der Waals surface area contributed by atoms with Crippen molar-refractivity contribution in [3.63, 3.8) is 0 Å². The smallest absolute Gasteiger partial charge is 0.414 e. The number of likely N-dealkylation sites (tertiary alicyclic amines) is 1. The fourth-order valence-corrected chi connectivity index (χ4v) is 5.99. The first-order chi connectivity index (χ1) is 19.7. The lowest BCUT2D eigenvalue weighted by atomic mass is 10.1. The Balaban J connectivity index is 1.27. The number of rotatable bonds is 8. The van der Waals surface area contributed by atoms with E-state index in [2.05, 4.69) is 10.8 Å². The summed E-state index contributed by atoms with van der Waals surface area (Å²) >= 11 is 0. The van der Waals surface area contributed by atoms with Crippen LogP contribution in [0, 0.1) is 11.3 Å². The van der Waals surface area contributed by atoms with Gasteiger partial charge in [-0.15, -0.1) is 0 Å². The Hall–Kier alpha value is -4.72. The van der Waals surface area contributed by atoms with Crippen molar-refractivity contribution in [2.45, 2.75) is 30.5 Å². The lowest BCUT2D eigenvalue weighted by molar-refractivity contribution is -0.129. The van der Waals surface area contributed by atoms with Gasteiger partial charge in [0.05, 0.1) is 16.5 Å². The van der Waals surface area contributed by atoms with Gasteiger partial charge >= 0.3 is 6.09 Å². The lowest BCUT2D eigenvalue weighted by Gasteiger charge is -2.18. The van der Waals surface area contributed by atoms with Crippen molar-refractivity contribution in [2.24, 2.45) is 0 Å². The van der Waals surface area contributed by atoms with Crippen LogP contribution in [0.4, 0.5) is 10.5 Å². The van der Waals surface area contributed by atoms with Crippen LogP contribution in [-0.4, -0.2) is 45.0 Å². The molecule has 0 saturated carbocycles. The van der Waals surface area contributed by atoms with E-state index in [0.29, 0.717) is 36.1 Å². The number of hydrogen-bond acceptors (Lipinski definition) is 6. The molecule has 0 unspecified atom stereocenters. The van der Waals surface area contributed by atoms with Crippen LogP contribution in [0.5, 0.6) is 0 Å². The minimum Gasteiger partial charge on any atom is -0.444 e. The fourth-order valence-electron chi connectivity index (χ4n) is 4.73. The number of carbonyl (C=O) groups excluding carboxylic acids is 2. The number of carbonyl (C=O) groups is 2. The molecule has 208 valence electrons. The van der Waals surface area contributed by atoms with Gasteiger partial charge in [-0.2, -0.15) is 9.98 Å². The van der Waals surface area contributed by atoms with E-state index >= 15 is 0 Å². The van der Waals surface area contributed by atoms with E-state index in [0.717, 1.165) is 16.5 Å². The summed E-state index contributed by atoms with van der Waals surface area (Å²) in [5.41, 5.74) is 2.72. The second-order valence-corrected chi connectivity index (χ2v) is 11.5. The van der Waals surface area contributed by atoms with Gasteiger partial charge in [0, 0.05) is 25.8 Å². The van der Waals surface area contributed by atoms with E-state index in [4.69, 9.17) is 10.00 Å². The summed E-state index contributed by atoms with van der Waals surface area (Å²) in [5, 5.41) is 10.5. The van der Waals surface area contributed by atoms with Crippen LogP contribution < -0.4 is 9.62 Å². The average molecular weight is 569 g/mol. The summed E-state index contributed by atoms with van der Waals surface area (Å²) in [6, 6.07) is 27.5. The number of ether oxygens (including phenoxy) is 1. The van der Waals surface area contributed by atoms with Crippen molar-refractivity contribution in [3.8, 4) is 6.07 Å². The predicted octanol–water partition coefficient (Wildman–Crippen LogP) is 4.56. The molecule has 2 amide bonds. The zero-order chi connectivity index (χ0) is 29.0. The maximum absolute atomic E-state index is 13.3. The zero-order valence-electron chi connectivity index (χ0n) is 22.4. The summed E-state index contributed by atoms with van der Waals surface area (Å²) in [7, 11) is -2.42. The minimum absolute atomic E-state index is 0.0180. The SMILES string of the molecule is CN(C(=O)OCc1ccccc1)c1ccc2ccc(S(=O)(=O)N[C@H]3CCN(Cc4cccc(C#N)c4)C3=O)cc2c1. The summed E-state index contributed by atoms with van der Waals surface area (Å²) in [4.78, 5) is 28.6. The van der Waals surface area contributed by atoms with Gasteiger partial charge in [0.25, 0.3) is 0 Å².